The summed E-state index contributed by atoms with van der Waals surface area (Å²) in [7, 11) is 1.27. The first kappa shape index (κ1) is 19.2. The highest BCUT2D eigenvalue weighted by atomic mass is 32.1. The number of carbonyl (C=O) groups excluding carboxylic acids is 2. The third-order valence-corrected chi connectivity index (χ3v) is 6.38. The molecule has 7 nitrogen and oxygen atoms in total. The van der Waals surface area contributed by atoms with Gasteiger partial charge in [-0.2, -0.15) is 0 Å². The van der Waals surface area contributed by atoms with Gasteiger partial charge in [0.2, 0.25) is 0 Å². The average molecular weight is 412 g/mol. The van der Waals surface area contributed by atoms with E-state index in [1.807, 2.05) is 0 Å². The van der Waals surface area contributed by atoms with Crippen molar-refractivity contribution in [2.45, 2.75) is 26.2 Å². The van der Waals surface area contributed by atoms with E-state index in [1.54, 1.807) is 18.2 Å². The number of rotatable bonds is 3. The molecule has 0 fully saturated rings. The standard InChI is InChI=1S/C21H20N2O5S/c1-10-6-7-13-14(8-10)29-20-15(13)17(24)16(19(26)23-20)18(25)22-12-5-3-4-11(9-12)21(27)28-2/h3-5,9-10H,6-8H2,1-2H3,(H,22,25)(H2,23,24,26)/t10-/m0/s1. The number of fused-ring (bicyclic) bond motifs is 3. The van der Waals surface area contributed by atoms with Gasteiger partial charge in [-0.15, -0.1) is 11.3 Å². The Balaban J connectivity index is 1.73. The highest BCUT2D eigenvalue weighted by Gasteiger charge is 2.27. The molecule has 1 aliphatic carbocycles. The van der Waals surface area contributed by atoms with E-state index in [9.17, 15) is 19.5 Å². The van der Waals surface area contributed by atoms with Crippen molar-refractivity contribution in [2.24, 2.45) is 5.92 Å². The summed E-state index contributed by atoms with van der Waals surface area (Å²) in [6, 6.07) is 6.17. The Morgan fingerprint density at radius 2 is 2.14 bits per heavy atom. The van der Waals surface area contributed by atoms with Gasteiger partial charge >= 0.3 is 5.97 Å². The minimum absolute atomic E-state index is 0.264. The van der Waals surface area contributed by atoms with Crippen molar-refractivity contribution in [3.05, 3.63) is 56.2 Å². The molecule has 0 radical (unpaired) electrons. The van der Waals surface area contributed by atoms with Gasteiger partial charge in [0.25, 0.3) is 11.5 Å². The predicted octanol–water partition coefficient (Wildman–Crippen LogP) is 3.46. The maximum absolute atomic E-state index is 12.8. The van der Waals surface area contributed by atoms with Gasteiger partial charge < -0.3 is 20.1 Å². The lowest BCUT2D eigenvalue weighted by molar-refractivity contribution is 0.0600. The highest BCUT2D eigenvalue weighted by molar-refractivity contribution is 7.18. The Morgan fingerprint density at radius 1 is 1.34 bits per heavy atom. The fourth-order valence-electron chi connectivity index (χ4n) is 3.73. The Morgan fingerprint density at radius 3 is 2.90 bits per heavy atom. The number of esters is 1. The van der Waals surface area contributed by atoms with Gasteiger partial charge in [0.1, 0.15) is 16.1 Å². The van der Waals surface area contributed by atoms with Crippen LogP contribution in [0, 0.1) is 5.92 Å². The molecule has 3 aromatic rings. The number of hydrogen-bond donors (Lipinski definition) is 3. The van der Waals surface area contributed by atoms with Crippen molar-refractivity contribution in [3.8, 4) is 5.75 Å². The third kappa shape index (κ3) is 3.40. The van der Waals surface area contributed by atoms with Gasteiger partial charge in [-0.3, -0.25) is 9.59 Å². The summed E-state index contributed by atoms with van der Waals surface area (Å²) in [6.45, 7) is 2.18. The molecule has 8 heteroatoms. The molecule has 0 saturated heterocycles. The quantitative estimate of drug-likeness (QED) is 0.571. The minimum Gasteiger partial charge on any atom is -0.506 e. The molecule has 2 aromatic heterocycles. The number of methoxy groups -OCH3 is 1. The topological polar surface area (TPSA) is 108 Å². The Kier molecular flexibility index (Phi) is 4.87. The molecule has 150 valence electrons. The number of hydrogen-bond acceptors (Lipinski definition) is 6. The largest absolute Gasteiger partial charge is 0.506 e. The first-order chi connectivity index (χ1) is 13.9. The molecule has 1 amide bonds. The maximum Gasteiger partial charge on any atom is 0.337 e. The molecule has 0 unspecified atom stereocenters. The van der Waals surface area contributed by atoms with Crippen LogP contribution in [0.15, 0.2) is 29.1 Å². The summed E-state index contributed by atoms with van der Waals surface area (Å²) in [5.41, 5.74) is 0.611. The lowest BCUT2D eigenvalue weighted by Crippen LogP contribution is -2.23. The molecule has 1 aliphatic rings. The summed E-state index contributed by atoms with van der Waals surface area (Å²) in [5.74, 6) is -1.02. The van der Waals surface area contributed by atoms with Crippen molar-refractivity contribution in [2.75, 3.05) is 12.4 Å². The van der Waals surface area contributed by atoms with Gasteiger partial charge in [0.15, 0.2) is 0 Å². The van der Waals surface area contributed by atoms with Gasteiger partial charge in [-0.05, 0) is 48.9 Å². The number of amides is 1. The van der Waals surface area contributed by atoms with E-state index in [-0.39, 0.29) is 16.9 Å². The van der Waals surface area contributed by atoms with E-state index in [4.69, 9.17) is 0 Å². The van der Waals surface area contributed by atoms with Crippen molar-refractivity contribution < 1.29 is 19.4 Å². The number of aromatic hydroxyl groups is 1. The fraction of sp³-hybridized carbons (Fsp3) is 0.286. The van der Waals surface area contributed by atoms with Gasteiger partial charge in [-0.25, -0.2) is 4.79 Å². The normalized spacial score (nSPS) is 15.7. The van der Waals surface area contributed by atoms with Crippen LogP contribution in [0.5, 0.6) is 5.75 Å². The third-order valence-electron chi connectivity index (χ3n) is 5.21. The van der Waals surface area contributed by atoms with Crippen molar-refractivity contribution in [3.63, 3.8) is 0 Å². The van der Waals surface area contributed by atoms with E-state index < -0.39 is 17.4 Å². The summed E-state index contributed by atoms with van der Waals surface area (Å²) in [5, 5.41) is 14.0. The van der Waals surface area contributed by atoms with E-state index in [2.05, 4.69) is 22.0 Å². The van der Waals surface area contributed by atoms with Gasteiger partial charge in [0, 0.05) is 10.6 Å². The number of anilines is 1. The molecular weight excluding hydrogens is 392 g/mol. The second-order valence-electron chi connectivity index (χ2n) is 7.26. The molecular formula is C21H20N2O5S. The predicted molar refractivity (Wildman–Crippen MR) is 111 cm³/mol. The first-order valence-electron chi connectivity index (χ1n) is 9.28. The van der Waals surface area contributed by atoms with Crippen molar-refractivity contribution >= 4 is 39.1 Å². The number of H-pyrrole nitrogens is 1. The Bertz CT molecular complexity index is 1190. The molecule has 4 rings (SSSR count). The number of benzene rings is 1. The van der Waals surface area contributed by atoms with Crippen LogP contribution < -0.4 is 10.9 Å². The first-order valence-corrected chi connectivity index (χ1v) is 10.1. The Labute approximate surface area is 170 Å². The lowest BCUT2D eigenvalue weighted by atomic mass is 9.89. The summed E-state index contributed by atoms with van der Waals surface area (Å²) >= 11 is 1.47. The van der Waals surface area contributed by atoms with Gasteiger partial charge in [0.05, 0.1) is 18.1 Å². The number of aryl methyl sites for hydroxylation is 1. The van der Waals surface area contributed by atoms with E-state index >= 15 is 0 Å². The highest BCUT2D eigenvalue weighted by Crippen LogP contribution is 2.41. The number of pyridine rings is 1. The van der Waals surface area contributed by atoms with Crippen LogP contribution in [-0.2, 0) is 17.6 Å². The molecule has 0 aliphatic heterocycles. The van der Waals surface area contributed by atoms with E-state index in [0.717, 1.165) is 29.7 Å². The molecule has 1 aromatic carbocycles. The smallest absolute Gasteiger partial charge is 0.337 e. The van der Waals surface area contributed by atoms with Crippen molar-refractivity contribution in [1.29, 1.82) is 0 Å². The second kappa shape index (κ2) is 7.36. The molecule has 1 atom stereocenters. The van der Waals surface area contributed by atoms with Crippen LogP contribution in [0.1, 0.15) is 44.5 Å². The number of thiophene rings is 1. The summed E-state index contributed by atoms with van der Waals surface area (Å²) in [4.78, 5) is 41.5. The zero-order chi connectivity index (χ0) is 20.7. The molecule has 3 N–H and O–H groups in total. The fourth-order valence-corrected chi connectivity index (χ4v) is 5.14. The van der Waals surface area contributed by atoms with Crippen LogP contribution >= 0.6 is 11.3 Å². The number of ether oxygens (including phenoxy) is 1. The zero-order valence-corrected chi connectivity index (χ0v) is 16.8. The van der Waals surface area contributed by atoms with Crippen molar-refractivity contribution in [1.82, 2.24) is 4.98 Å². The number of aromatic nitrogens is 1. The SMILES string of the molecule is COC(=O)c1cccc(NC(=O)c2c(O)c3c4c(sc3[nH]c2=O)C[C@@H](C)CC4)c1. The summed E-state index contributed by atoms with van der Waals surface area (Å²) in [6.07, 6.45) is 2.70. The molecule has 0 bridgehead atoms. The average Bonchev–Trinajstić information content (AvgIpc) is 3.04. The molecule has 0 saturated carbocycles. The molecule has 0 spiro atoms. The minimum atomic E-state index is -0.739. The van der Waals surface area contributed by atoms with Crippen LogP contribution in [-0.4, -0.2) is 29.1 Å². The number of nitrogens with one attached hydrogen (secondary N) is 2. The summed E-state index contributed by atoms with van der Waals surface area (Å²) < 4.78 is 4.67. The molecule has 29 heavy (non-hydrogen) atoms. The Hall–Kier alpha value is -3.13. The maximum atomic E-state index is 12.8. The number of carbonyl (C=O) groups is 2. The van der Waals surface area contributed by atoms with Crippen LogP contribution in [0.2, 0.25) is 0 Å². The lowest BCUT2D eigenvalue weighted by Gasteiger charge is -2.18. The van der Waals surface area contributed by atoms with E-state index in [0.29, 0.717) is 21.8 Å². The van der Waals surface area contributed by atoms with Crippen LogP contribution in [0.4, 0.5) is 5.69 Å². The van der Waals surface area contributed by atoms with Crippen LogP contribution in [0.25, 0.3) is 10.2 Å². The van der Waals surface area contributed by atoms with Crippen LogP contribution in [0.3, 0.4) is 0 Å². The number of aromatic amines is 1. The molecule has 2 heterocycles. The van der Waals surface area contributed by atoms with Gasteiger partial charge in [-0.1, -0.05) is 13.0 Å². The zero-order valence-electron chi connectivity index (χ0n) is 16.0. The monoisotopic (exact) mass is 412 g/mol. The second-order valence-corrected chi connectivity index (χ2v) is 8.37. The van der Waals surface area contributed by atoms with E-state index in [1.165, 1.54) is 24.5 Å².